The van der Waals surface area contributed by atoms with Crippen molar-refractivity contribution in [2.75, 3.05) is 18.6 Å². The van der Waals surface area contributed by atoms with Gasteiger partial charge in [0.1, 0.15) is 5.75 Å². The molecule has 0 unspecified atom stereocenters. The Morgan fingerprint density at radius 2 is 2.07 bits per heavy atom. The van der Waals surface area contributed by atoms with Gasteiger partial charge in [0.15, 0.2) is 5.13 Å². The number of fused-ring (bicyclic) bond motifs is 1. The monoisotopic (exact) mass is 406 g/mol. The summed E-state index contributed by atoms with van der Waals surface area (Å²) in [4.78, 5) is 19.9. The van der Waals surface area contributed by atoms with Gasteiger partial charge in [-0.15, -0.1) is 0 Å². The van der Waals surface area contributed by atoms with Gasteiger partial charge >= 0.3 is 0 Å². The van der Waals surface area contributed by atoms with Crippen molar-refractivity contribution >= 4 is 32.6 Å². The van der Waals surface area contributed by atoms with Crippen LogP contribution in [0.3, 0.4) is 0 Å². The number of carbonyl (C=O) groups is 1. The molecule has 0 bridgehead atoms. The molecular weight excluding hydrogens is 384 g/mol. The van der Waals surface area contributed by atoms with Gasteiger partial charge in [0, 0.05) is 24.5 Å². The van der Waals surface area contributed by atoms with Crippen LogP contribution in [0.1, 0.15) is 21.5 Å². The largest absolute Gasteiger partial charge is 0.497 e. The van der Waals surface area contributed by atoms with E-state index in [0.29, 0.717) is 29.5 Å². The molecule has 0 radical (unpaired) electrons. The van der Waals surface area contributed by atoms with E-state index in [-0.39, 0.29) is 5.91 Å². The SMILES string of the molecule is COc1cccc(C(=O)N(CCn2cccn2)c2nc3c(C)cc(C)cc3s2)c1. The van der Waals surface area contributed by atoms with Gasteiger partial charge in [0.05, 0.1) is 23.9 Å². The minimum Gasteiger partial charge on any atom is -0.497 e. The number of benzene rings is 2. The van der Waals surface area contributed by atoms with Crippen LogP contribution in [0.2, 0.25) is 0 Å². The van der Waals surface area contributed by atoms with E-state index in [1.165, 1.54) is 16.9 Å². The van der Waals surface area contributed by atoms with Crippen molar-refractivity contribution in [3.63, 3.8) is 0 Å². The lowest BCUT2D eigenvalue weighted by Gasteiger charge is -2.20. The Morgan fingerprint density at radius 1 is 1.21 bits per heavy atom. The van der Waals surface area contributed by atoms with E-state index in [9.17, 15) is 4.79 Å². The molecule has 0 atom stereocenters. The molecule has 7 heteroatoms. The molecular formula is C22H22N4O2S. The Hall–Kier alpha value is -3.19. The Labute approximate surface area is 173 Å². The zero-order valence-electron chi connectivity index (χ0n) is 16.6. The molecule has 29 heavy (non-hydrogen) atoms. The Bertz CT molecular complexity index is 1150. The highest BCUT2D eigenvalue weighted by Gasteiger charge is 2.22. The molecule has 1 amide bonds. The number of methoxy groups -OCH3 is 1. The fraction of sp³-hybridized carbons (Fsp3) is 0.227. The lowest BCUT2D eigenvalue weighted by atomic mass is 10.1. The van der Waals surface area contributed by atoms with Gasteiger partial charge in [0.2, 0.25) is 0 Å². The molecule has 4 rings (SSSR count). The van der Waals surface area contributed by atoms with E-state index in [1.54, 1.807) is 30.3 Å². The molecule has 0 aliphatic carbocycles. The molecule has 2 aromatic carbocycles. The normalized spacial score (nSPS) is 11.0. The summed E-state index contributed by atoms with van der Waals surface area (Å²) in [6.07, 6.45) is 3.62. The van der Waals surface area contributed by atoms with Crippen LogP contribution in [0.5, 0.6) is 5.75 Å². The fourth-order valence-corrected chi connectivity index (χ4v) is 4.47. The van der Waals surface area contributed by atoms with Gasteiger partial charge in [-0.2, -0.15) is 5.10 Å². The Balaban J connectivity index is 1.73. The van der Waals surface area contributed by atoms with Crippen molar-refractivity contribution in [3.8, 4) is 5.75 Å². The summed E-state index contributed by atoms with van der Waals surface area (Å²) >= 11 is 1.54. The lowest BCUT2D eigenvalue weighted by Crippen LogP contribution is -2.34. The second kappa shape index (κ2) is 8.05. The predicted octanol–water partition coefficient (Wildman–Crippen LogP) is 4.47. The average Bonchev–Trinajstić information content (AvgIpc) is 3.38. The highest BCUT2D eigenvalue weighted by atomic mass is 32.1. The minimum atomic E-state index is -0.107. The second-order valence-electron chi connectivity index (χ2n) is 6.88. The first-order valence-corrected chi connectivity index (χ1v) is 10.2. The number of aromatic nitrogens is 3. The molecule has 0 saturated carbocycles. The number of aryl methyl sites for hydroxylation is 2. The van der Waals surface area contributed by atoms with Crippen LogP contribution in [0, 0.1) is 13.8 Å². The number of carbonyl (C=O) groups excluding carboxylic acids is 1. The smallest absolute Gasteiger partial charge is 0.260 e. The van der Waals surface area contributed by atoms with Gasteiger partial charge in [-0.25, -0.2) is 4.98 Å². The van der Waals surface area contributed by atoms with Crippen molar-refractivity contribution in [1.82, 2.24) is 14.8 Å². The standard InChI is InChI=1S/C22H22N4O2S/c1-15-12-16(2)20-19(13-15)29-22(24-20)26(11-10-25-9-5-8-23-25)21(27)17-6-4-7-18(14-17)28-3/h4-9,12-14H,10-11H2,1-3H3. The fourth-order valence-electron chi connectivity index (χ4n) is 3.31. The third-order valence-electron chi connectivity index (χ3n) is 4.72. The van der Waals surface area contributed by atoms with Crippen LogP contribution in [0.25, 0.3) is 10.2 Å². The summed E-state index contributed by atoms with van der Waals surface area (Å²) in [6, 6.07) is 13.3. The summed E-state index contributed by atoms with van der Waals surface area (Å²) in [5.74, 6) is 0.545. The topological polar surface area (TPSA) is 60.2 Å². The third-order valence-corrected chi connectivity index (χ3v) is 5.75. The number of amides is 1. The van der Waals surface area contributed by atoms with E-state index in [2.05, 4.69) is 31.1 Å². The summed E-state index contributed by atoms with van der Waals surface area (Å²) in [5.41, 5.74) is 3.81. The zero-order valence-corrected chi connectivity index (χ0v) is 17.4. The summed E-state index contributed by atoms with van der Waals surface area (Å²) < 4.78 is 8.19. The summed E-state index contributed by atoms with van der Waals surface area (Å²) in [6.45, 7) is 5.17. The maximum atomic E-state index is 13.4. The van der Waals surface area contributed by atoms with Gasteiger partial charge in [0.25, 0.3) is 5.91 Å². The van der Waals surface area contributed by atoms with Crippen LogP contribution in [0.4, 0.5) is 5.13 Å². The third kappa shape index (κ3) is 4.00. The van der Waals surface area contributed by atoms with E-state index >= 15 is 0 Å². The molecule has 4 aromatic rings. The first-order chi connectivity index (χ1) is 14.0. The Morgan fingerprint density at radius 3 is 2.83 bits per heavy atom. The van der Waals surface area contributed by atoms with Crippen LogP contribution < -0.4 is 9.64 Å². The molecule has 0 saturated heterocycles. The second-order valence-corrected chi connectivity index (χ2v) is 7.89. The molecule has 2 heterocycles. The first kappa shape index (κ1) is 19.1. The number of thiazole rings is 1. The highest BCUT2D eigenvalue weighted by molar-refractivity contribution is 7.22. The maximum Gasteiger partial charge on any atom is 0.260 e. The molecule has 0 aliphatic rings. The Kier molecular flexibility index (Phi) is 5.31. The number of anilines is 1. The average molecular weight is 407 g/mol. The number of nitrogens with zero attached hydrogens (tertiary/aromatic N) is 4. The van der Waals surface area contributed by atoms with Crippen LogP contribution in [0.15, 0.2) is 54.9 Å². The highest BCUT2D eigenvalue weighted by Crippen LogP contribution is 2.32. The van der Waals surface area contributed by atoms with Gasteiger partial charge in [-0.3, -0.25) is 14.4 Å². The van der Waals surface area contributed by atoms with Crippen molar-refractivity contribution < 1.29 is 9.53 Å². The van der Waals surface area contributed by atoms with E-state index < -0.39 is 0 Å². The molecule has 2 aromatic heterocycles. The molecule has 6 nitrogen and oxygen atoms in total. The summed E-state index contributed by atoms with van der Waals surface area (Å²) in [7, 11) is 1.59. The number of rotatable bonds is 6. The quantitative estimate of drug-likeness (QED) is 0.474. The predicted molar refractivity (Wildman–Crippen MR) is 116 cm³/mol. The first-order valence-electron chi connectivity index (χ1n) is 9.36. The van der Waals surface area contributed by atoms with Crippen molar-refractivity contribution in [1.29, 1.82) is 0 Å². The van der Waals surface area contributed by atoms with Crippen molar-refractivity contribution in [3.05, 3.63) is 71.5 Å². The molecule has 0 N–H and O–H groups in total. The van der Waals surface area contributed by atoms with E-state index in [0.717, 1.165) is 15.8 Å². The van der Waals surface area contributed by atoms with Crippen LogP contribution in [-0.4, -0.2) is 34.3 Å². The van der Waals surface area contributed by atoms with Crippen molar-refractivity contribution in [2.24, 2.45) is 0 Å². The zero-order chi connectivity index (χ0) is 20.4. The number of hydrogen-bond donors (Lipinski definition) is 0. The van der Waals surface area contributed by atoms with Gasteiger partial charge < -0.3 is 4.74 Å². The minimum absolute atomic E-state index is 0.107. The number of ether oxygens (including phenoxy) is 1. The molecule has 0 aliphatic heterocycles. The maximum absolute atomic E-state index is 13.4. The van der Waals surface area contributed by atoms with Crippen LogP contribution in [-0.2, 0) is 6.54 Å². The summed E-state index contributed by atoms with van der Waals surface area (Å²) in [5, 5.41) is 4.94. The van der Waals surface area contributed by atoms with E-state index in [1.807, 2.05) is 29.1 Å². The molecule has 0 spiro atoms. The van der Waals surface area contributed by atoms with E-state index in [4.69, 9.17) is 9.72 Å². The van der Waals surface area contributed by atoms with Gasteiger partial charge in [-0.1, -0.05) is 23.5 Å². The number of hydrogen-bond acceptors (Lipinski definition) is 5. The molecule has 148 valence electrons. The van der Waals surface area contributed by atoms with Crippen molar-refractivity contribution in [2.45, 2.75) is 20.4 Å². The van der Waals surface area contributed by atoms with Gasteiger partial charge in [-0.05, 0) is 55.3 Å². The molecule has 0 fully saturated rings. The van der Waals surface area contributed by atoms with Crippen LogP contribution >= 0.6 is 11.3 Å². The lowest BCUT2D eigenvalue weighted by molar-refractivity contribution is 0.0985.